The highest BCUT2D eigenvalue weighted by molar-refractivity contribution is 6.08. The van der Waals surface area contributed by atoms with E-state index in [1.807, 2.05) is 44.2 Å². The first-order valence-corrected chi connectivity index (χ1v) is 20.5. The van der Waals surface area contributed by atoms with Crippen LogP contribution in [0.4, 0.5) is 16.3 Å². The summed E-state index contributed by atoms with van der Waals surface area (Å²) >= 11 is 0. The minimum Gasteiger partial charge on any atom is -0.465 e. The van der Waals surface area contributed by atoms with Crippen molar-refractivity contribution >= 4 is 57.3 Å². The molecule has 5 N–H and O–H groups in total. The number of quaternary nitrogens is 1. The van der Waals surface area contributed by atoms with Crippen molar-refractivity contribution < 1.29 is 33.1 Å². The Morgan fingerprint density at radius 3 is 2.05 bits per heavy atom. The van der Waals surface area contributed by atoms with Gasteiger partial charge in [-0.05, 0) is 75.9 Å². The number of nitrogens with one attached hydrogen (secondary N) is 3. The number of nitrogen functional groups attached to an aromatic ring is 1. The molecule has 2 heterocycles. The van der Waals surface area contributed by atoms with Crippen molar-refractivity contribution in [3.63, 3.8) is 0 Å². The highest BCUT2D eigenvalue weighted by atomic mass is 16.6. The lowest BCUT2D eigenvalue weighted by Gasteiger charge is -2.30. The van der Waals surface area contributed by atoms with Gasteiger partial charge in [0.05, 0.1) is 37.8 Å². The molecule has 0 aliphatic heterocycles. The van der Waals surface area contributed by atoms with E-state index in [1.165, 1.54) is 12.7 Å². The van der Waals surface area contributed by atoms with Crippen molar-refractivity contribution in [3.05, 3.63) is 94.8 Å². The first kappa shape index (κ1) is 45.1. The number of rotatable bonds is 16. The van der Waals surface area contributed by atoms with Gasteiger partial charge in [0.15, 0.2) is 5.82 Å². The molecular formula is C46H61N8O6+. The number of unbranched alkanes of at least 4 members (excludes halogenated alkanes) is 1. The van der Waals surface area contributed by atoms with Gasteiger partial charge in [-0.1, -0.05) is 63.6 Å². The molecule has 3 amide bonds. The smallest absolute Gasteiger partial charge is 0.408 e. The number of alkyl carbamates (subject to hydrolysis) is 1. The third-order valence-electron chi connectivity index (χ3n) is 10.1. The maximum Gasteiger partial charge on any atom is 0.408 e. The average molecular weight is 822 g/mol. The van der Waals surface area contributed by atoms with E-state index in [1.54, 1.807) is 39.8 Å². The minimum atomic E-state index is -0.869. The van der Waals surface area contributed by atoms with Crippen molar-refractivity contribution in [3.8, 4) is 0 Å². The number of amides is 3. The Morgan fingerprint density at radius 2 is 1.47 bits per heavy atom. The number of nitrogens with two attached hydrogens (primary N) is 1. The quantitative estimate of drug-likeness (QED) is 0.0596. The summed E-state index contributed by atoms with van der Waals surface area (Å²) in [5, 5.41) is 9.08. The normalized spacial score (nSPS) is 12.9. The molecule has 14 nitrogen and oxygen atoms in total. The van der Waals surface area contributed by atoms with E-state index >= 15 is 0 Å². The lowest BCUT2D eigenvalue weighted by Crippen LogP contribution is -2.54. The molecule has 0 saturated heterocycles. The van der Waals surface area contributed by atoms with E-state index in [0.717, 1.165) is 60.2 Å². The predicted molar refractivity (Wildman–Crippen MR) is 235 cm³/mol. The summed E-state index contributed by atoms with van der Waals surface area (Å²) < 4.78 is 13.2. The van der Waals surface area contributed by atoms with Crippen LogP contribution in [0.1, 0.15) is 94.2 Å². The number of hydrogen-bond acceptors (Lipinski definition) is 9. The Kier molecular flexibility index (Phi) is 14.2. The number of aromatic nitrogens is 3. The molecule has 14 heteroatoms. The Balaban J connectivity index is 1.21. The van der Waals surface area contributed by atoms with Gasteiger partial charge in [0.25, 0.3) is 0 Å². The Labute approximate surface area is 352 Å². The second-order valence-corrected chi connectivity index (χ2v) is 17.5. The van der Waals surface area contributed by atoms with Crippen LogP contribution in [0, 0.1) is 5.92 Å². The number of ether oxygens (including phenoxy) is 2. The number of benzene rings is 3. The number of methoxy groups -OCH3 is 1. The first-order valence-electron chi connectivity index (χ1n) is 20.5. The molecule has 0 aliphatic carbocycles. The first-order chi connectivity index (χ1) is 28.3. The number of hydrogen-bond donors (Lipinski definition) is 4. The van der Waals surface area contributed by atoms with Crippen LogP contribution in [-0.4, -0.2) is 81.8 Å². The maximum absolute atomic E-state index is 13.0. The van der Waals surface area contributed by atoms with E-state index in [9.17, 15) is 19.2 Å². The van der Waals surface area contributed by atoms with E-state index < -0.39 is 35.7 Å². The van der Waals surface area contributed by atoms with Gasteiger partial charge in [-0.3, -0.25) is 9.59 Å². The molecule has 2 unspecified atom stereocenters. The summed E-state index contributed by atoms with van der Waals surface area (Å²) in [4.78, 5) is 60.2. The minimum absolute atomic E-state index is 0.229. The summed E-state index contributed by atoms with van der Waals surface area (Å²) in [5.41, 5.74) is 12.4. The van der Waals surface area contributed by atoms with Crippen LogP contribution in [0.3, 0.4) is 0 Å². The molecule has 2 aromatic heterocycles. The maximum atomic E-state index is 13.0. The van der Waals surface area contributed by atoms with Crippen molar-refractivity contribution in [2.45, 2.75) is 105 Å². The SMILES string of the molecule is CCCCc1nc2c(N)nc3cc(C(=O)OC)ccc3c2n1Cc1ccc(C[N+](C)(C)Cc2ccc(NC(=O)C(C)NC(=O)C(NC(=O)OC(C)(C)C)C(C)C)cc2)cc1. The van der Waals surface area contributed by atoms with Crippen LogP contribution < -0.4 is 21.7 Å². The summed E-state index contributed by atoms with van der Waals surface area (Å²) in [6.45, 7) is 14.8. The standard InChI is InChI=1S/C46H60N8O6/c1-11-12-13-37-51-39-40(35-23-20-33(44(57)59-10)24-36(35)50-41(39)47)53(37)25-30-14-16-31(17-15-30)26-54(8,9)27-32-18-21-34(22-19-32)49-42(55)29(4)48-43(56)38(28(2)3)52-45(58)60-46(5,6)7/h14-24,28-29,38H,11-13,25-27H2,1-10H3,(H4-,47,48,49,50,52,55,56,58)/p+1. The monoisotopic (exact) mass is 821 g/mol. The van der Waals surface area contributed by atoms with Gasteiger partial charge in [0.1, 0.15) is 42.1 Å². The molecule has 0 radical (unpaired) electrons. The summed E-state index contributed by atoms with van der Waals surface area (Å²) in [6, 6.07) is 20.0. The third-order valence-corrected chi connectivity index (χ3v) is 10.1. The number of fused-ring (bicyclic) bond motifs is 3. The van der Waals surface area contributed by atoms with E-state index in [2.05, 4.69) is 70.8 Å². The van der Waals surface area contributed by atoms with Crippen LogP contribution >= 0.6 is 0 Å². The van der Waals surface area contributed by atoms with Gasteiger partial charge in [-0.25, -0.2) is 19.6 Å². The topological polar surface area (TPSA) is 180 Å². The van der Waals surface area contributed by atoms with Gasteiger partial charge in [-0.15, -0.1) is 0 Å². The van der Waals surface area contributed by atoms with Crippen molar-refractivity contribution in [2.75, 3.05) is 32.3 Å². The zero-order valence-electron chi connectivity index (χ0n) is 36.6. The highest BCUT2D eigenvalue weighted by Gasteiger charge is 2.29. The van der Waals surface area contributed by atoms with E-state index in [-0.39, 0.29) is 11.8 Å². The van der Waals surface area contributed by atoms with Gasteiger partial charge in [-0.2, -0.15) is 0 Å². The highest BCUT2D eigenvalue weighted by Crippen LogP contribution is 2.31. The zero-order chi connectivity index (χ0) is 43.9. The summed E-state index contributed by atoms with van der Waals surface area (Å²) in [7, 11) is 5.72. The second kappa shape index (κ2) is 18.9. The van der Waals surface area contributed by atoms with E-state index in [4.69, 9.17) is 20.2 Å². The number of anilines is 2. The largest absolute Gasteiger partial charge is 0.465 e. The van der Waals surface area contributed by atoms with Crippen LogP contribution in [0.25, 0.3) is 21.9 Å². The zero-order valence-corrected chi connectivity index (χ0v) is 36.6. The number of imidazole rings is 1. The molecular weight excluding hydrogens is 761 g/mol. The fourth-order valence-corrected chi connectivity index (χ4v) is 7.16. The predicted octanol–water partition coefficient (Wildman–Crippen LogP) is 7.11. The fourth-order valence-electron chi connectivity index (χ4n) is 7.16. The van der Waals surface area contributed by atoms with Crippen molar-refractivity contribution in [1.82, 2.24) is 25.2 Å². The lowest BCUT2D eigenvalue weighted by atomic mass is 10.0. The average Bonchev–Trinajstić information content (AvgIpc) is 3.54. The molecule has 5 rings (SSSR count). The molecule has 0 saturated carbocycles. The Morgan fingerprint density at radius 1 is 0.850 bits per heavy atom. The molecule has 320 valence electrons. The lowest BCUT2D eigenvalue weighted by molar-refractivity contribution is -0.916. The summed E-state index contributed by atoms with van der Waals surface area (Å²) in [5.74, 6) is -0.233. The molecule has 0 spiro atoms. The number of nitrogens with zero attached hydrogens (tertiary/aromatic N) is 4. The van der Waals surface area contributed by atoms with Gasteiger partial charge in [0.2, 0.25) is 11.8 Å². The number of carbonyl (C=O) groups excluding carboxylic acids is 4. The third kappa shape index (κ3) is 11.6. The van der Waals surface area contributed by atoms with Gasteiger partial charge in [0, 0.05) is 35.2 Å². The van der Waals surface area contributed by atoms with Crippen LogP contribution in [0.2, 0.25) is 0 Å². The van der Waals surface area contributed by atoms with Crippen molar-refractivity contribution in [2.24, 2.45) is 5.92 Å². The van der Waals surface area contributed by atoms with Gasteiger partial charge >= 0.3 is 12.1 Å². The van der Waals surface area contributed by atoms with Gasteiger partial charge < -0.3 is 40.2 Å². The molecule has 0 fully saturated rings. The molecule has 5 aromatic rings. The van der Waals surface area contributed by atoms with Crippen molar-refractivity contribution in [1.29, 1.82) is 0 Å². The van der Waals surface area contributed by atoms with E-state index in [0.29, 0.717) is 39.1 Å². The summed E-state index contributed by atoms with van der Waals surface area (Å²) in [6.07, 6.45) is 2.12. The molecule has 60 heavy (non-hydrogen) atoms. The fraction of sp³-hybridized carbons (Fsp3) is 0.435. The van der Waals surface area contributed by atoms with Crippen LogP contribution in [0.5, 0.6) is 0 Å². The molecule has 0 aliphatic rings. The Bertz CT molecular complexity index is 2330. The van der Waals surface area contributed by atoms with Crippen LogP contribution in [0.15, 0.2) is 66.7 Å². The second-order valence-electron chi connectivity index (χ2n) is 17.5. The molecule has 0 bridgehead atoms. The number of pyridine rings is 1. The number of aryl methyl sites for hydroxylation is 1. The Hall–Kier alpha value is -6.02. The molecule has 2 atom stereocenters. The molecule has 3 aromatic carbocycles. The number of carbonyl (C=O) groups is 4. The number of esters is 1. The van der Waals surface area contributed by atoms with Crippen LogP contribution in [-0.2, 0) is 45.1 Å².